The van der Waals surface area contributed by atoms with E-state index in [1.165, 1.54) is 6.07 Å². The van der Waals surface area contributed by atoms with E-state index in [9.17, 15) is 4.39 Å². The molecule has 19 heavy (non-hydrogen) atoms. The van der Waals surface area contributed by atoms with Crippen LogP contribution in [0.4, 0.5) is 4.39 Å². The Morgan fingerprint density at radius 1 is 1.53 bits per heavy atom. The van der Waals surface area contributed by atoms with Crippen molar-refractivity contribution < 1.29 is 9.13 Å². The highest BCUT2D eigenvalue weighted by molar-refractivity contribution is 9.10. The predicted octanol–water partition coefficient (Wildman–Crippen LogP) is 2.92. The molecule has 0 radical (unpaired) electrons. The number of nitrogens with one attached hydrogen (secondary N) is 1. The number of benzene rings is 1. The largest absolute Gasteiger partial charge is 0.378 e. The summed E-state index contributed by atoms with van der Waals surface area (Å²) in [5.41, 5.74) is 3.48. The van der Waals surface area contributed by atoms with Crippen molar-refractivity contribution in [1.82, 2.24) is 5.43 Å². The lowest BCUT2D eigenvalue weighted by molar-refractivity contribution is 0.0995. The van der Waals surface area contributed by atoms with Gasteiger partial charge in [-0.25, -0.2) is 4.39 Å². The van der Waals surface area contributed by atoms with Crippen LogP contribution in [0.1, 0.15) is 31.2 Å². The first-order valence-electron chi connectivity index (χ1n) is 6.70. The maximum atomic E-state index is 13.8. The molecule has 1 aromatic carbocycles. The van der Waals surface area contributed by atoms with Gasteiger partial charge in [0.15, 0.2) is 0 Å². The quantitative estimate of drug-likeness (QED) is 0.622. The molecule has 1 fully saturated rings. The first kappa shape index (κ1) is 14.9. The van der Waals surface area contributed by atoms with Crippen LogP contribution < -0.4 is 11.3 Å². The maximum absolute atomic E-state index is 13.8. The predicted molar refractivity (Wildman–Crippen MR) is 77.1 cm³/mol. The van der Waals surface area contributed by atoms with E-state index in [2.05, 4.69) is 21.4 Å². The van der Waals surface area contributed by atoms with Gasteiger partial charge in [0.1, 0.15) is 5.82 Å². The Balaban J connectivity index is 1.86. The molecule has 0 aromatic heterocycles. The monoisotopic (exact) mass is 330 g/mol. The molecule has 2 unspecified atom stereocenters. The van der Waals surface area contributed by atoms with Gasteiger partial charge in [0.25, 0.3) is 0 Å². The van der Waals surface area contributed by atoms with Crippen molar-refractivity contribution in [2.24, 2.45) is 5.84 Å². The number of nitrogens with two attached hydrogens (primary N) is 1. The lowest BCUT2D eigenvalue weighted by Crippen LogP contribution is -2.37. The molecular formula is C14H20BrFN2O. The zero-order chi connectivity index (χ0) is 13.7. The smallest absolute Gasteiger partial charge is 0.127 e. The van der Waals surface area contributed by atoms with Crippen LogP contribution in [-0.2, 0) is 11.2 Å². The first-order chi connectivity index (χ1) is 9.19. The third kappa shape index (κ3) is 4.53. The average molecular weight is 331 g/mol. The molecule has 0 saturated carbocycles. The molecule has 1 saturated heterocycles. The minimum atomic E-state index is -0.188. The van der Waals surface area contributed by atoms with Crippen LogP contribution in [0.5, 0.6) is 0 Å². The highest BCUT2D eigenvalue weighted by Gasteiger charge is 2.18. The van der Waals surface area contributed by atoms with E-state index in [4.69, 9.17) is 10.6 Å². The second-order valence-electron chi connectivity index (χ2n) is 5.02. The molecule has 2 rings (SSSR count). The van der Waals surface area contributed by atoms with E-state index in [1.807, 2.05) is 6.07 Å². The Morgan fingerprint density at radius 3 is 3.00 bits per heavy atom. The van der Waals surface area contributed by atoms with Crippen molar-refractivity contribution in [2.45, 2.75) is 44.2 Å². The van der Waals surface area contributed by atoms with Gasteiger partial charge in [-0.15, -0.1) is 0 Å². The van der Waals surface area contributed by atoms with E-state index in [1.54, 1.807) is 6.07 Å². The second kappa shape index (κ2) is 7.33. The number of ether oxygens (including phenoxy) is 1. The summed E-state index contributed by atoms with van der Waals surface area (Å²) >= 11 is 3.26. The van der Waals surface area contributed by atoms with Gasteiger partial charge in [0.05, 0.1) is 6.10 Å². The van der Waals surface area contributed by atoms with Gasteiger partial charge in [0.2, 0.25) is 0 Å². The Kier molecular flexibility index (Phi) is 5.76. The van der Waals surface area contributed by atoms with Crippen molar-refractivity contribution in [3.8, 4) is 0 Å². The van der Waals surface area contributed by atoms with Gasteiger partial charge in [-0.05, 0) is 49.8 Å². The van der Waals surface area contributed by atoms with Crippen molar-refractivity contribution >= 4 is 15.9 Å². The van der Waals surface area contributed by atoms with E-state index in [0.29, 0.717) is 18.1 Å². The van der Waals surface area contributed by atoms with E-state index in [0.717, 1.165) is 36.8 Å². The second-order valence-corrected chi connectivity index (χ2v) is 5.93. The summed E-state index contributed by atoms with van der Waals surface area (Å²) in [6.45, 7) is 0.868. The minimum Gasteiger partial charge on any atom is -0.378 e. The van der Waals surface area contributed by atoms with Gasteiger partial charge in [-0.1, -0.05) is 22.0 Å². The van der Waals surface area contributed by atoms with Crippen LogP contribution in [0.3, 0.4) is 0 Å². The molecule has 2 atom stereocenters. The highest BCUT2D eigenvalue weighted by atomic mass is 79.9. The number of rotatable bonds is 6. The van der Waals surface area contributed by atoms with Crippen LogP contribution in [0.15, 0.2) is 22.7 Å². The van der Waals surface area contributed by atoms with Crippen molar-refractivity contribution in [2.75, 3.05) is 6.61 Å². The molecule has 1 aliphatic rings. The SMILES string of the molecule is NNC(CCC1CCCO1)Cc1ccc(Br)cc1F. The molecule has 0 amide bonds. The molecule has 1 aliphatic heterocycles. The highest BCUT2D eigenvalue weighted by Crippen LogP contribution is 2.20. The number of hydrogen-bond acceptors (Lipinski definition) is 3. The fraction of sp³-hybridized carbons (Fsp3) is 0.571. The van der Waals surface area contributed by atoms with Gasteiger partial charge >= 0.3 is 0 Å². The molecule has 3 nitrogen and oxygen atoms in total. The third-order valence-corrected chi connectivity index (χ3v) is 4.07. The third-order valence-electron chi connectivity index (χ3n) is 3.58. The Morgan fingerprint density at radius 2 is 2.37 bits per heavy atom. The zero-order valence-corrected chi connectivity index (χ0v) is 12.5. The van der Waals surface area contributed by atoms with Crippen LogP contribution >= 0.6 is 15.9 Å². The number of hydrazine groups is 1. The lowest BCUT2D eigenvalue weighted by Gasteiger charge is -2.18. The fourth-order valence-electron chi connectivity index (χ4n) is 2.46. The molecular weight excluding hydrogens is 311 g/mol. The Bertz CT molecular complexity index is 410. The maximum Gasteiger partial charge on any atom is 0.127 e. The lowest BCUT2D eigenvalue weighted by atomic mass is 9.99. The molecule has 106 valence electrons. The van der Waals surface area contributed by atoms with E-state index >= 15 is 0 Å². The number of halogens is 2. The summed E-state index contributed by atoms with van der Waals surface area (Å²) in [6, 6.07) is 5.23. The van der Waals surface area contributed by atoms with Gasteiger partial charge < -0.3 is 4.74 Å². The summed E-state index contributed by atoms with van der Waals surface area (Å²) in [4.78, 5) is 0. The number of hydrogen-bond donors (Lipinski definition) is 2. The molecule has 3 N–H and O–H groups in total. The fourth-order valence-corrected chi connectivity index (χ4v) is 2.79. The summed E-state index contributed by atoms with van der Waals surface area (Å²) in [6.07, 6.45) is 5.11. The molecule has 5 heteroatoms. The van der Waals surface area contributed by atoms with Crippen molar-refractivity contribution in [1.29, 1.82) is 0 Å². The van der Waals surface area contributed by atoms with Crippen LogP contribution in [0.25, 0.3) is 0 Å². The molecule has 0 spiro atoms. The zero-order valence-electron chi connectivity index (χ0n) is 10.9. The van der Waals surface area contributed by atoms with Crippen LogP contribution in [0.2, 0.25) is 0 Å². The summed E-state index contributed by atoms with van der Waals surface area (Å²) in [5.74, 6) is 5.37. The van der Waals surface area contributed by atoms with Crippen molar-refractivity contribution in [3.05, 3.63) is 34.1 Å². The Labute approximate surface area is 121 Å². The summed E-state index contributed by atoms with van der Waals surface area (Å²) in [7, 11) is 0. The summed E-state index contributed by atoms with van der Waals surface area (Å²) < 4.78 is 20.1. The molecule has 0 aliphatic carbocycles. The molecule has 0 bridgehead atoms. The standard InChI is InChI=1S/C14H20BrFN2O/c15-11-4-3-10(14(16)9-11)8-12(18-17)5-6-13-2-1-7-19-13/h3-4,9,12-13,18H,1-2,5-8,17H2. The van der Waals surface area contributed by atoms with E-state index < -0.39 is 0 Å². The van der Waals surface area contributed by atoms with Crippen molar-refractivity contribution in [3.63, 3.8) is 0 Å². The van der Waals surface area contributed by atoms with Gasteiger partial charge in [-0.3, -0.25) is 11.3 Å². The van der Waals surface area contributed by atoms with E-state index in [-0.39, 0.29) is 11.9 Å². The summed E-state index contributed by atoms with van der Waals surface area (Å²) in [5, 5.41) is 0. The normalized spacial score (nSPS) is 20.7. The van der Waals surface area contributed by atoms with Gasteiger partial charge in [-0.2, -0.15) is 0 Å². The minimum absolute atomic E-state index is 0.0832. The van der Waals surface area contributed by atoms with Crippen LogP contribution in [-0.4, -0.2) is 18.8 Å². The van der Waals surface area contributed by atoms with Gasteiger partial charge in [0, 0.05) is 17.1 Å². The molecule has 1 heterocycles. The Hall–Kier alpha value is -0.490. The average Bonchev–Trinajstić information content (AvgIpc) is 2.90. The topological polar surface area (TPSA) is 47.3 Å². The molecule has 1 aromatic rings. The first-order valence-corrected chi connectivity index (χ1v) is 7.50. The van der Waals surface area contributed by atoms with Crippen LogP contribution in [0, 0.1) is 5.82 Å².